The monoisotopic (exact) mass is 308 g/mol. The van der Waals surface area contributed by atoms with E-state index in [2.05, 4.69) is 4.98 Å². The van der Waals surface area contributed by atoms with E-state index in [1.165, 1.54) is 4.90 Å². The Kier molecular flexibility index (Phi) is 3.81. The SMILES string of the molecule is CC(C)(O)C1CCCN1C(=O)c1csc(C(F)(F)F)n1. The molecule has 112 valence electrons. The molecule has 1 aromatic heterocycles. The van der Waals surface area contributed by atoms with Crippen LogP contribution in [0.4, 0.5) is 13.2 Å². The van der Waals surface area contributed by atoms with Gasteiger partial charge in [0.15, 0.2) is 5.01 Å². The van der Waals surface area contributed by atoms with Crippen LogP contribution in [0.2, 0.25) is 0 Å². The lowest BCUT2D eigenvalue weighted by Gasteiger charge is -2.33. The van der Waals surface area contributed by atoms with Gasteiger partial charge in [0.25, 0.3) is 5.91 Å². The summed E-state index contributed by atoms with van der Waals surface area (Å²) in [6.45, 7) is 3.60. The molecule has 1 saturated heterocycles. The van der Waals surface area contributed by atoms with Gasteiger partial charge in [0.05, 0.1) is 11.6 Å². The molecule has 1 fully saturated rings. The summed E-state index contributed by atoms with van der Waals surface area (Å²) in [7, 11) is 0. The van der Waals surface area contributed by atoms with Crippen LogP contribution in [0.15, 0.2) is 5.38 Å². The lowest BCUT2D eigenvalue weighted by molar-refractivity contribution is -0.137. The van der Waals surface area contributed by atoms with Gasteiger partial charge in [-0.3, -0.25) is 4.79 Å². The van der Waals surface area contributed by atoms with E-state index < -0.39 is 28.7 Å². The highest BCUT2D eigenvalue weighted by Crippen LogP contribution is 2.33. The average molecular weight is 308 g/mol. The highest BCUT2D eigenvalue weighted by molar-refractivity contribution is 7.09. The second kappa shape index (κ2) is 5.00. The molecule has 2 heterocycles. The van der Waals surface area contributed by atoms with Crippen LogP contribution in [0, 0.1) is 0 Å². The molecule has 1 aliphatic rings. The Morgan fingerprint density at radius 2 is 2.15 bits per heavy atom. The number of aliphatic hydroxyl groups is 1. The number of carbonyl (C=O) groups excluding carboxylic acids is 1. The molecule has 1 aromatic rings. The molecule has 2 rings (SSSR count). The zero-order valence-electron chi connectivity index (χ0n) is 11.1. The number of likely N-dealkylation sites (tertiary alicyclic amines) is 1. The summed E-state index contributed by atoms with van der Waals surface area (Å²) in [4.78, 5) is 17.0. The van der Waals surface area contributed by atoms with Crippen molar-refractivity contribution in [2.45, 2.75) is 44.5 Å². The van der Waals surface area contributed by atoms with E-state index in [9.17, 15) is 23.1 Å². The Morgan fingerprint density at radius 3 is 2.65 bits per heavy atom. The molecule has 1 aliphatic heterocycles. The van der Waals surface area contributed by atoms with E-state index in [0.29, 0.717) is 24.3 Å². The normalized spacial score (nSPS) is 20.5. The summed E-state index contributed by atoms with van der Waals surface area (Å²) in [5.41, 5.74) is -1.30. The number of carbonyl (C=O) groups is 1. The van der Waals surface area contributed by atoms with E-state index in [0.717, 1.165) is 11.8 Å². The van der Waals surface area contributed by atoms with Crippen LogP contribution < -0.4 is 0 Å². The van der Waals surface area contributed by atoms with Gasteiger partial charge in [0.1, 0.15) is 5.69 Å². The largest absolute Gasteiger partial charge is 0.443 e. The van der Waals surface area contributed by atoms with Gasteiger partial charge in [0.2, 0.25) is 0 Å². The first kappa shape index (κ1) is 15.2. The zero-order chi connectivity index (χ0) is 15.1. The molecule has 0 spiro atoms. The number of nitrogens with zero attached hydrogens (tertiary/aromatic N) is 2. The van der Waals surface area contributed by atoms with Gasteiger partial charge in [-0.1, -0.05) is 0 Å². The molecular weight excluding hydrogens is 293 g/mol. The Hall–Kier alpha value is -1.15. The quantitative estimate of drug-likeness (QED) is 0.913. The van der Waals surface area contributed by atoms with Crippen molar-refractivity contribution in [1.82, 2.24) is 9.88 Å². The number of hydrogen-bond donors (Lipinski definition) is 1. The molecule has 0 aromatic carbocycles. The minimum atomic E-state index is -4.54. The summed E-state index contributed by atoms with van der Waals surface area (Å²) < 4.78 is 37.5. The van der Waals surface area contributed by atoms with Crippen molar-refractivity contribution in [2.75, 3.05) is 6.54 Å². The standard InChI is InChI=1S/C12H15F3N2O2S/c1-11(2,19)8-4-3-5-17(8)9(18)7-6-20-10(16-7)12(13,14)15/h6,8,19H,3-5H2,1-2H3. The van der Waals surface area contributed by atoms with Crippen LogP contribution >= 0.6 is 11.3 Å². The van der Waals surface area contributed by atoms with Crippen molar-refractivity contribution in [3.8, 4) is 0 Å². The van der Waals surface area contributed by atoms with Gasteiger partial charge in [-0.15, -0.1) is 11.3 Å². The average Bonchev–Trinajstić information content (AvgIpc) is 2.95. The topological polar surface area (TPSA) is 53.4 Å². The van der Waals surface area contributed by atoms with Gasteiger partial charge in [-0.05, 0) is 26.7 Å². The second-order valence-corrected chi connectivity index (χ2v) is 6.20. The van der Waals surface area contributed by atoms with Crippen molar-refractivity contribution in [2.24, 2.45) is 0 Å². The first-order valence-electron chi connectivity index (χ1n) is 6.17. The van der Waals surface area contributed by atoms with Crippen LogP contribution in [0.3, 0.4) is 0 Å². The van der Waals surface area contributed by atoms with E-state index in [4.69, 9.17) is 0 Å². The summed E-state index contributed by atoms with van der Waals surface area (Å²) in [6.07, 6.45) is -3.19. The third kappa shape index (κ3) is 2.95. The predicted molar refractivity (Wildman–Crippen MR) is 67.5 cm³/mol. The van der Waals surface area contributed by atoms with Crippen LogP contribution in [-0.2, 0) is 6.18 Å². The van der Waals surface area contributed by atoms with Crippen molar-refractivity contribution in [3.05, 3.63) is 16.1 Å². The van der Waals surface area contributed by atoms with Gasteiger partial charge in [-0.25, -0.2) is 4.98 Å². The molecule has 8 heteroatoms. The number of alkyl halides is 3. The van der Waals surface area contributed by atoms with E-state index in [-0.39, 0.29) is 5.69 Å². The van der Waals surface area contributed by atoms with Crippen LogP contribution in [-0.4, -0.2) is 39.1 Å². The Balaban J connectivity index is 2.21. The second-order valence-electron chi connectivity index (χ2n) is 5.35. The molecule has 0 bridgehead atoms. The molecular formula is C12H15F3N2O2S. The lowest BCUT2D eigenvalue weighted by Crippen LogP contribution is -2.48. The van der Waals surface area contributed by atoms with Gasteiger partial charge < -0.3 is 10.0 Å². The fourth-order valence-electron chi connectivity index (χ4n) is 2.39. The van der Waals surface area contributed by atoms with E-state index >= 15 is 0 Å². The summed E-state index contributed by atoms with van der Waals surface area (Å²) in [5, 5.41) is 10.1. The molecule has 0 radical (unpaired) electrons. The van der Waals surface area contributed by atoms with Crippen molar-refractivity contribution in [1.29, 1.82) is 0 Å². The summed E-state index contributed by atoms with van der Waals surface area (Å²) in [5.74, 6) is -0.554. The fraction of sp³-hybridized carbons (Fsp3) is 0.667. The Labute approximate surface area is 118 Å². The van der Waals surface area contributed by atoms with Crippen LogP contribution in [0.1, 0.15) is 42.2 Å². The van der Waals surface area contributed by atoms with Gasteiger partial charge in [0, 0.05) is 11.9 Å². The molecule has 1 N–H and O–H groups in total. The molecule has 4 nitrogen and oxygen atoms in total. The molecule has 1 atom stereocenters. The van der Waals surface area contributed by atoms with Crippen LogP contribution in [0.5, 0.6) is 0 Å². The van der Waals surface area contributed by atoms with Crippen LogP contribution in [0.25, 0.3) is 0 Å². The first-order chi connectivity index (χ1) is 9.10. The predicted octanol–water partition coefficient (Wildman–Crippen LogP) is 2.54. The number of rotatable bonds is 2. The summed E-state index contributed by atoms with van der Waals surface area (Å²) >= 11 is 0.406. The summed E-state index contributed by atoms with van der Waals surface area (Å²) in [6, 6.07) is -0.397. The molecule has 20 heavy (non-hydrogen) atoms. The van der Waals surface area contributed by atoms with E-state index in [1.54, 1.807) is 13.8 Å². The number of thiazole rings is 1. The minimum absolute atomic E-state index is 0.210. The number of aromatic nitrogens is 1. The first-order valence-corrected chi connectivity index (χ1v) is 7.05. The third-order valence-electron chi connectivity index (χ3n) is 3.29. The highest BCUT2D eigenvalue weighted by atomic mass is 32.1. The smallest absolute Gasteiger partial charge is 0.388 e. The highest BCUT2D eigenvalue weighted by Gasteiger charge is 2.40. The van der Waals surface area contributed by atoms with Crippen molar-refractivity contribution in [3.63, 3.8) is 0 Å². The lowest BCUT2D eigenvalue weighted by atomic mass is 9.96. The molecule has 0 saturated carbocycles. The Bertz CT molecular complexity index is 508. The zero-order valence-corrected chi connectivity index (χ0v) is 11.9. The molecule has 1 unspecified atom stereocenters. The number of halogens is 3. The maximum Gasteiger partial charge on any atom is 0.443 e. The van der Waals surface area contributed by atoms with Crippen molar-refractivity contribution < 1.29 is 23.1 Å². The number of amides is 1. The van der Waals surface area contributed by atoms with Gasteiger partial charge in [-0.2, -0.15) is 13.2 Å². The minimum Gasteiger partial charge on any atom is -0.388 e. The van der Waals surface area contributed by atoms with Gasteiger partial charge >= 0.3 is 6.18 Å². The van der Waals surface area contributed by atoms with Crippen molar-refractivity contribution >= 4 is 17.2 Å². The molecule has 0 aliphatic carbocycles. The third-order valence-corrected chi connectivity index (χ3v) is 4.18. The number of hydrogen-bond acceptors (Lipinski definition) is 4. The maximum absolute atomic E-state index is 12.5. The van der Waals surface area contributed by atoms with E-state index in [1.807, 2.05) is 0 Å². The fourth-order valence-corrected chi connectivity index (χ4v) is 3.06. The molecule has 1 amide bonds. The Morgan fingerprint density at radius 1 is 1.50 bits per heavy atom. The maximum atomic E-state index is 12.5.